The highest BCUT2D eigenvalue weighted by atomic mass is 19.1. The van der Waals surface area contributed by atoms with Crippen LogP contribution in [0.2, 0.25) is 0 Å². The van der Waals surface area contributed by atoms with Gasteiger partial charge in [0.2, 0.25) is 0 Å². The Kier molecular flexibility index (Phi) is 6.04. The van der Waals surface area contributed by atoms with Gasteiger partial charge in [-0.3, -0.25) is 4.79 Å². The fourth-order valence-corrected chi connectivity index (χ4v) is 3.54. The second kappa shape index (κ2) is 9.23. The van der Waals surface area contributed by atoms with Gasteiger partial charge in [0.05, 0.1) is 6.54 Å². The third-order valence-corrected chi connectivity index (χ3v) is 5.04. The minimum atomic E-state index is -0.244. The van der Waals surface area contributed by atoms with E-state index < -0.39 is 0 Å². The molecular formula is C26H23FN2O. The molecule has 0 N–H and O–H groups in total. The number of hydrogen-bond donors (Lipinski definition) is 0. The van der Waals surface area contributed by atoms with Crippen LogP contribution in [-0.4, -0.2) is 15.4 Å². The fraction of sp³-hybridized carbons (Fsp3) is 0.115. The third-order valence-electron chi connectivity index (χ3n) is 5.04. The Morgan fingerprint density at radius 1 is 0.767 bits per heavy atom. The summed E-state index contributed by atoms with van der Waals surface area (Å²) in [6.07, 6.45) is 1.97. The molecule has 1 heterocycles. The van der Waals surface area contributed by atoms with E-state index in [1.165, 1.54) is 6.07 Å². The molecular weight excluding hydrogens is 375 g/mol. The monoisotopic (exact) mass is 398 g/mol. The number of nitrogens with zero attached hydrogens (tertiary/aromatic N) is 2. The number of carbonyl (C=O) groups is 1. The Labute approximate surface area is 176 Å². The molecule has 0 aliphatic carbocycles. The predicted octanol–water partition coefficient (Wildman–Crippen LogP) is 5.52. The van der Waals surface area contributed by atoms with Crippen molar-refractivity contribution >= 4 is 5.91 Å². The molecule has 4 rings (SSSR count). The zero-order valence-corrected chi connectivity index (χ0v) is 16.6. The topological polar surface area (TPSA) is 25.2 Å². The molecule has 3 aromatic carbocycles. The zero-order chi connectivity index (χ0) is 20.8. The second-order valence-corrected chi connectivity index (χ2v) is 7.27. The molecule has 30 heavy (non-hydrogen) atoms. The van der Waals surface area contributed by atoms with Crippen LogP contribution in [0.5, 0.6) is 0 Å². The lowest BCUT2D eigenvalue weighted by Crippen LogP contribution is -2.31. The molecule has 0 atom stereocenters. The van der Waals surface area contributed by atoms with Gasteiger partial charge in [-0.1, -0.05) is 60.7 Å². The van der Waals surface area contributed by atoms with Crippen LogP contribution in [0.4, 0.5) is 4.39 Å². The molecule has 150 valence electrons. The summed E-state index contributed by atoms with van der Waals surface area (Å²) in [5.41, 5.74) is 3.62. The highest BCUT2D eigenvalue weighted by Crippen LogP contribution is 2.16. The van der Waals surface area contributed by atoms with Gasteiger partial charge < -0.3 is 9.47 Å². The average Bonchev–Trinajstić information content (AvgIpc) is 3.20. The molecule has 0 bridgehead atoms. The summed E-state index contributed by atoms with van der Waals surface area (Å²) in [5.74, 6) is -0.260. The van der Waals surface area contributed by atoms with E-state index in [1.807, 2.05) is 90.0 Å². The maximum atomic E-state index is 13.6. The first-order chi connectivity index (χ1) is 14.7. The fourth-order valence-electron chi connectivity index (χ4n) is 3.54. The third kappa shape index (κ3) is 4.84. The van der Waals surface area contributed by atoms with Gasteiger partial charge in [0.1, 0.15) is 5.82 Å². The summed E-state index contributed by atoms with van der Waals surface area (Å²) >= 11 is 0. The summed E-state index contributed by atoms with van der Waals surface area (Å²) in [6, 6.07) is 29.9. The van der Waals surface area contributed by atoms with Crippen LogP contribution in [0.3, 0.4) is 0 Å². The van der Waals surface area contributed by atoms with E-state index in [0.717, 1.165) is 16.8 Å². The maximum absolute atomic E-state index is 13.6. The van der Waals surface area contributed by atoms with Crippen LogP contribution in [-0.2, 0) is 19.6 Å². The van der Waals surface area contributed by atoms with Crippen molar-refractivity contribution in [2.45, 2.75) is 19.6 Å². The van der Waals surface area contributed by atoms with E-state index in [-0.39, 0.29) is 11.7 Å². The standard InChI is InChI=1S/C26H23FN2O/c27-24-14-7-11-22(17-24)19-28-16-8-15-25(28)20-29(18-21-9-3-1-4-10-21)26(30)23-12-5-2-6-13-23/h1-17H,18-20H2. The quantitative estimate of drug-likeness (QED) is 0.402. The average molecular weight is 398 g/mol. The lowest BCUT2D eigenvalue weighted by atomic mass is 10.1. The first-order valence-electron chi connectivity index (χ1n) is 9.96. The number of amides is 1. The number of hydrogen-bond acceptors (Lipinski definition) is 1. The van der Waals surface area contributed by atoms with Crippen LogP contribution < -0.4 is 0 Å². The lowest BCUT2D eigenvalue weighted by Gasteiger charge is -2.24. The molecule has 0 fully saturated rings. The lowest BCUT2D eigenvalue weighted by molar-refractivity contribution is 0.0726. The Bertz CT molecular complexity index is 1110. The van der Waals surface area contributed by atoms with Crippen molar-refractivity contribution in [3.05, 3.63) is 131 Å². The van der Waals surface area contributed by atoms with Crippen molar-refractivity contribution in [3.8, 4) is 0 Å². The molecule has 4 heteroatoms. The molecule has 0 saturated heterocycles. The van der Waals surface area contributed by atoms with Crippen molar-refractivity contribution in [2.75, 3.05) is 0 Å². The van der Waals surface area contributed by atoms with Gasteiger partial charge >= 0.3 is 0 Å². The van der Waals surface area contributed by atoms with E-state index in [1.54, 1.807) is 12.1 Å². The second-order valence-electron chi connectivity index (χ2n) is 7.27. The Morgan fingerprint density at radius 3 is 2.20 bits per heavy atom. The Balaban J connectivity index is 1.59. The SMILES string of the molecule is O=C(c1ccccc1)N(Cc1ccccc1)Cc1cccn1Cc1cccc(F)c1. The van der Waals surface area contributed by atoms with Crippen molar-refractivity contribution in [1.82, 2.24) is 9.47 Å². The molecule has 0 aliphatic heterocycles. The first-order valence-corrected chi connectivity index (χ1v) is 9.96. The van der Waals surface area contributed by atoms with Crippen LogP contribution in [0.15, 0.2) is 103 Å². The van der Waals surface area contributed by atoms with E-state index in [2.05, 4.69) is 4.57 Å². The summed E-state index contributed by atoms with van der Waals surface area (Å²) in [4.78, 5) is 15.1. The van der Waals surface area contributed by atoms with Crippen molar-refractivity contribution < 1.29 is 9.18 Å². The molecule has 0 radical (unpaired) electrons. The molecule has 3 nitrogen and oxygen atoms in total. The highest BCUT2D eigenvalue weighted by Gasteiger charge is 2.18. The summed E-state index contributed by atoms with van der Waals surface area (Å²) in [6.45, 7) is 1.53. The van der Waals surface area contributed by atoms with E-state index in [0.29, 0.717) is 25.2 Å². The summed E-state index contributed by atoms with van der Waals surface area (Å²) < 4.78 is 15.6. The summed E-state index contributed by atoms with van der Waals surface area (Å²) in [7, 11) is 0. The molecule has 0 saturated carbocycles. The zero-order valence-electron chi connectivity index (χ0n) is 16.6. The van der Waals surface area contributed by atoms with Gasteiger partial charge in [0.25, 0.3) is 5.91 Å². The molecule has 0 aliphatic rings. The van der Waals surface area contributed by atoms with E-state index in [9.17, 15) is 9.18 Å². The molecule has 1 aromatic heterocycles. The Morgan fingerprint density at radius 2 is 1.47 bits per heavy atom. The van der Waals surface area contributed by atoms with Gasteiger partial charge in [0.15, 0.2) is 0 Å². The largest absolute Gasteiger partial charge is 0.345 e. The minimum absolute atomic E-state index is 0.0158. The molecule has 4 aromatic rings. The number of aromatic nitrogens is 1. The first kappa shape index (κ1) is 19.6. The van der Waals surface area contributed by atoms with E-state index >= 15 is 0 Å². The molecule has 0 unspecified atom stereocenters. The van der Waals surface area contributed by atoms with Crippen LogP contribution in [0, 0.1) is 5.82 Å². The van der Waals surface area contributed by atoms with Gasteiger partial charge in [-0.15, -0.1) is 0 Å². The summed E-state index contributed by atoms with van der Waals surface area (Å²) in [5, 5.41) is 0. The maximum Gasteiger partial charge on any atom is 0.254 e. The predicted molar refractivity (Wildman–Crippen MR) is 116 cm³/mol. The minimum Gasteiger partial charge on any atom is -0.345 e. The molecule has 0 spiro atoms. The highest BCUT2D eigenvalue weighted by molar-refractivity contribution is 5.94. The van der Waals surface area contributed by atoms with Crippen molar-refractivity contribution in [1.29, 1.82) is 0 Å². The number of rotatable bonds is 7. The van der Waals surface area contributed by atoms with Crippen LogP contribution in [0.1, 0.15) is 27.2 Å². The van der Waals surface area contributed by atoms with Crippen molar-refractivity contribution in [3.63, 3.8) is 0 Å². The van der Waals surface area contributed by atoms with Gasteiger partial charge in [-0.25, -0.2) is 4.39 Å². The van der Waals surface area contributed by atoms with Crippen LogP contribution in [0.25, 0.3) is 0 Å². The van der Waals surface area contributed by atoms with Crippen molar-refractivity contribution in [2.24, 2.45) is 0 Å². The number of benzene rings is 3. The molecule has 1 amide bonds. The number of carbonyl (C=O) groups excluding carboxylic acids is 1. The van der Waals surface area contributed by atoms with Gasteiger partial charge in [-0.2, -0.15) is 0 Å². The van der Waals surface area contributed by atoms with E-state index in [4.69, 9.17) is 0 Å². The normalized spacial score (nSPS) is 10.7. The van der Waals surface area contributed by atoms with Gasteiger partial charge in [0, 0.05) is 30.5 Å². The van der Waals surface area contributed by atoms with Gasteiger partial charge in [-0.05, 0) is 47.5 Å². The number of halogens is 1. The Hall–Kier alpha value is -3.66. The smallest absolute Gasteiger partial charge is 0.254 e. The van der Waals surface area contributed by atoms with Crippen LogP contribution >= 0.6 is 0 Å².